The lowest BCUT2D eigenvalue weighted by molar-refractivity contribution is -0.139. The van der Waals surface area contributed by atoms with Crippen LogP contribution < -0.4 is 37.3 Å². The molecule has 2 aromatic rings. The summed E-state index contributed by atoms with van der Waals surface area (Å²) in [6.45, 7) is -2.14. The minimum absolute atomic E-state index is 0.184. The van der Waals surface area contributed by atoms with E-state index in [1.54, 1.807) is 0 Å². The summed E-state index contributed by atoms with van der Waals surface area (Å²) in [6, 6.07) is 0.288. The van der Waals surface area contributed by atoms with Crippen LogP contribution in [0, 0.1) is 0 Å². The molecule has 0 radical (unpaired) electrons. The molecule has 8 N–H and O–H groups in total. The van der Waals surface area contributed by atoms with Crippen LogP contribution in [-0.4, -0.2) is 90.7 Å². The maximum atomic E-state index is 13.8. The number of halogens is 6. The van der Waals surface area contributed by atoms with E-state index in [1.165, 1.54) is 0 Å². The minimum Gasteiger partial charge on any atom is -0.480 e. The number of alkyl halides is 6. The van der Waals surface area contributed by atoms with Gasteiger partial charge in [-0.05, 0) is 65.6 Å². The van der Waals surface area contributed by atoms with Gasteiger partial charge < -0.3 is 45.7 Å². The Labute approximate surface area is 305 Å². The first-order chi connectivity index (χ1) is 25.3. The van der Waals surface area contributed by atoms with E-state index >= 15 is 0 Å². The van der Waals surface area contributed by atoms with Crippen molar-refractivity contribution in [3.8, 4) is 0 Å². The summed E-state index contributed by atoms with van der Waals surface area (Å²) in [7, 11) is -1.44. The Kier molecular flexibility index (Phi) is 14.1. The number of rotatable bonds is 16. The number of carbonyl (C=O) groups is 5. The van der Waals surface area contributed by atoms with Crippen molar-refractivity contribution in [1.29, 1.82) is 0 Å². The number of carbonyl (C=O) groups excluding carboxylic acids is 4. The molecular formula is C30H34B2F6N5O10P. The molecule has 2 aliphatic rings. The molecule has 2 aromatic carbocycles. The summed E-state index contributed by atoms with van der Waals surface area (Å²) in [6.07, 6.45) is -9.03. The van der Waals surface area contributed by atoms with E-state index in [9.17, 15) is 60.4 Å². The summed E-state index contributed by atoms with van der Waals surface area (Å²) in [5, 5.41) is 40.9. The predicted molar refractivity (Wildman–Crippen MR) is 180 cm³/mol. The average Bonchev–Trinajstić information content (AvgIpc) is 3.67. The van der Waals surface area contributed by atoms with Crippen LogP contribution in [0.2, 0.25) is 0 Å². The fourth-order valence-electron chi connectivity index (χ4n) is 5.66. The molecule has 0 aromatic heterocycles. The van der Waals surface area contributed by atoms with E-state index in [0.29, 0.717) is 25.0 Å². The third-order valence-corrected chi connectivity index (χ3v) is 8.89. The molecule has 1 unspecified atom stereocenters. The van der Waals surface area contributed by atoms with Crippen molar-refractivity contribution in [2.75, 3.05) is 19.6 Å². The molecule has 24 heteroatoms. The van der Waals surface area contributed by atoms with Crippen LogP contribution in [0.15, 0.2) is 24.3 Å². The molecule has 15 nitrogen and oxygen atoms in total. The molecule has 292 valence electrons. The van der Waals surface area contributed by atoms with Crippen LogP contribution in [0.1, 0.15) is 68.7 Å². The van der Waals surface area contributed by atoms with Crippen LogP contribution in [0.25, 0.3) is 0 Å². The highest BCUT2D eigenvalue weighted by molar-refractivity contribution is 7.13. The molecule has 3 atom stereocenters. The van der Waals surface area contributed by atoms with Crippen LogP contribution in [0.4, 0.5) is 26.3 Å². The zero-order chi connectivity index (χ0) is 40.0. The SMILES string of the molecule is O=C(CCNC(=O)[C@H](CNC(=O)c1cc2c(c(C(F)(F)F)c1)COB2O)NC(=O)c1cc2c(c(C(F)(F)F)c1)COB2O)NCCCC[C@H](NP)C(=O)O. The highest BCUT2D eigenvalue weighted by Crippen LogP contribution is 2.35. The summed E-state index contributed by atoms with van der Waals surface area (Å²) >= 11 is 0. The molecule has 4 rings (SSSR count). The summed E-state index contributed by atoms with van der Waals surface area (Å²) < 4.78 is 92.6. The number of hydrogen-bond donors (Lipinski definition) is 8. The number of aliphatic carboxylic acids is 1. The van der Waals surface area contributed by atoms with Gasteiger partial charge in [-0.15, -0.1) is 0 Å². The van der Waals surface area contributed by atoms with E-state index < -0.39 is 116 Å². The van der Waals surface area contributed by atoms with Crippen molar-refractivity contribution in [3.05, 3.63) is 57.6 Å². The van der Waals surface area contributed by atoms with Crippen molar-refractivity contribution in [3.63, 3.8) is 0 Å². The Morgan fingerprint density at radius 1 is 0.759 bits per heavy atom. The number of carboxylic acid groups (broad SMARTS) is 1. The molecule has 0 saturated carbocycles. The second-order valence-corrected chi connectivity index (χ2v) is 12.5. The van der Waals surface area contributed by atoms with Crippen LogP contribution in [-0.2, 0) is 49.3 Å². The van der Waals surface area contributed by atoms with E-state index in [1.807, 2.05) is 0 Å². The van der Waals surface area contributed by atoms with Crippen molar-refractivity contribution >= 4 is 64.2 Å². The highest BCUT2D eigenvalue weighted by atomic mass is 31.0. The van der Waals surface area contributed by atoms with Gasteiger partial charge in [0.15, 0.2) is 0 Å². The lowest BCUT2D eigenvalue weighted by atomic mass is 9.77. The van der Waals surface area contributed by atoms with Gasteiger partial charge in [-0.1, -0.05) is 9.39 Å². The molecule has 2 heterocycles. The topological polar surface area (TPSA) is 225 Å². The quantitative estimate of drug-likeness (QED) is 0.0460. The Bertz CT molecular complexity index is 1770. The zero-order valence-electron chi connectivity index (χ0n) is 28.0. The van der Waals surface area contributed by atoms with Crippen molar-refractivity contribution in [2.45, 2.75) is 63.3 Å². The first kappa shape index (κ1) is 42.5. The van der Waals surface area contributed by atoms with E-state index in [4.69, 9.17) is 14.4 Å². The van der Waals surface area contributed by atoms with Gasteiger partial charge in [0.2, 0.25) is 11.8 Å². The molecule has 0 saturated heterocycles. The Hall–Kier alpha value is -4.27. The molecule has 0 aliphatic carbocycles. The summed E-state index contributed by atoms with van der Waals surface area (Å²) in [5.41, 5.74) is -5.25. The largest absolute Gasteiger partial charge is 0.491 e. The first-order valence-corrected chi connectivity index (χ1v) is 16.8. The second-order valence-electron chi connectivity index (χ2n) is 12.2. The van der Waals surface area contributed by atoms with E-state index in [-0.39, 0.29) is 42.4 Å². The number of nitrogens with one attached hydrogen (secondary N) is 5. The minimum atomic E-state index is -4.98. The van der Waals surface area contributed by atoms with E-state index in [2.05, 4.69) is 35.7 Å². The smallest absolute Gasteiger partial charge is 0.480 e. The molecule has 54 heavy (non-hydrogen) atoms. The fraction of sp³-hybridized carbons (Fsp3) is 0.433. The molecule has 2 aliphatic heterocycles. The Balaban J connectivity index is 1.47. The van der Waals surface area contributed by atoms with Crippen LogP contribution in [0.3, 0.4) is 0 Å². The highest BCUT2D eigenvalue weighted by Gasteiger charge is 2.42. The maximum Gasteiger partial charge on any atom is 0.491 e. The van der Waals surface area contributed by atoms with Gasteiger partial charge in [0.1, 0.15) is 12.1 Å². The van der Waals surface area contributed by atoms with Crippen LogP contribution >= 0.6 is 9.39 Å². The normalized spacial score (nSPS) is 14.9. The standard InChI is InChI=1S/C30H34B2F6N5O10P/c33-29(34,35)18-7-14(9-20-16(18)12-52-31(20)50)25(45)41-11-23(27(47)40-6-4-24(44)39-5-2-1-3-22(43-54)28(48)49)42-26(46)15-8-19(30(36,37)38)17-13-53-32(51)21(17)10-15/h7-10,22-23,43,50-51H,1-6,11-13,54H2,(H,39,44)(H,40,47)(H,41,45)(H,42,46)(H,48,49)/t22-,23-/m0/s1. The molecule has 0 bridgehead atoms. The summed E-state index contributed by atoms with van der Waals surface area (Å²) in [4.78, 5) is 62.9. The van der Waals surface area contributed by atoms with Crippen molar-refractivity contribution < 1.29 is 74.8 Å². The third-order valence-electron chi connectivity index (χ3n) is 8.49. The fourth-order valence-corrected chi connectivity index (χ4v) is 5.97. The van der Waals surface area contributed by atoms with Gasteiger partial charge in [0, 0.05) is 37.2 Å². The number of hydrogen-bond acceptors (Lipinski definition) is 10. The molecule has 4 amide bonds. The zero-order valence-corrected chi connectivity index (χ0v) is 29.2. The average molecular weight is 791 g/mol. The first-order valence-electron chi connectivity index (χ1n) is 16.2. The lowest BCUT2D eigenvalue weighted by Crippen LogP contribution is -2.53. The Morgan fingerprint density at radius 3 is 1.80 bits per heavy atom. The number of carboxylic acids is 1. The van der Waals surface area contributed by atoms with Gasteiger partial charge >= 0.3 is 32.6 Å². The molecular weight excluding hydrogens is 757 g/mol. The molecule has 0 spiro atoms. The molecule has 0 fully saturated rings. The number of benzene rings is 2. The lowest BCUT2D eigenvalue weighted by Gasteiger charge is -2.21. The van der Waals surface area contributed by atoms with Crippen molar-refractivity contribution in [1.82, 2.24) is 26.4 Å². The number of amides is 4. The van der Waals surface area contributed by atoms with Gasteiger partial charge in [0.25, 0.3) is 11.8 Å². The number of unbranched alkanes of at least 4 members (excludes halogenated alkanes) is 1. The van der Waals surface area contributed by atoms with Gasteiger partial charge in [-0.3, -0.25) is 29.1 Å². The predicted octanol–water partition coefficient (Wildman–Crippen LogP) is -0.686. The monoisotopic (exact) mass is 791 g/mol. The van der Waals surface area contributed by atoms with Crippen LogP contribution in [0.5, 0.6) is 0 Å². The maximum absolute atomic E-state index is 13.8. The number of fused-ring (bicyclic) bond motifs is 2. The summed E-state index contributed by atoms with van der Waals surface area (Å²) in [5.74, 6) is -5.07. The second kappa shape index (κ2) is 17.9. The van der Waals surface area contributed by atoms with E-state index in [0.717, 1.165) is 12.1 Å². The third kappa shape index (κ3) is 10.7. The van der Waals surface area contributed by atoms with Gasteiger partial charge in [-0.2, -0.15) is 26.3 Å². The van der Waals surface area contributed by atoms with Crippen molar-refractivity contribution in [2.24, 2.45) is 0 Å². The van der Waals surface area contributed by atoms with Gasteiger partial charge in [-0.25, -0.2) is 0 Å². The van der Waals surface area contributed by atoms with Gasteiger partial charge in [0.05, 0.1) is 24.3 Å². The Morgan fingerprint density at radius 2 is 1.30 bits per heavy atom.